The summed E-state index contributed by atoms with van der Waals surface area (Å²) in [5.41, 5.74) is 2.76. The number of Topliss-reactive ketones (excluding diaryl/α,β-unsaturated/α-hetero) is 1. The van der Waals surface area contributed by atoms with Crippen molar-refractivity contribution in [2.75, 3.05) is 40.3 Å². The Hall–Kier alpha value is -5.05. The van der Waals surface area contributed by atoms with Gasteiger partial charge in [-0.2, -0.15) is 18.3 Å². The SMILES string of the molecule is COc1ccc(C2C=NN=N2)cc1C(=O)N(C)CC(CCN1CCC(C(=O)c2nc3ccccc3n2CCCC(F)(F)F)CC1)c1ccc(F)c(F)c1. The monoisotopic (exact) mass is 737 g/mol. The molecule has 0 saturated carbocycles. The van der Waals surface area contributed by atoms with Crippen molar-refractivity contribution in [3.05, 3.63) is 94.8 Å². The number of piperidine rings is 1. The number of alkyl halides is 3. The van der Waals surface area contributed by atoms with Gasteiger partial charge in [0.25, 0.3) is 5.91 Å². The van der Waals surface area contributed by atoms with Gasteiger partial charge in [0, 0.05) is 38.4 Å². The molecule has 1 saturated heterocycles. The van der Waals surface area contributed by atoms with Crippen molar-refractivity contribution in [3.8, 4) is 5.75 Å². The predicted molar refractivity (Wildman–Crippen MR) is 188 cm³/mol. The number of para-hydroxylation sites is 2. The highest BCUT2D eigenvalue weighted by molar-refractivity contribution is 5.98. The smallest absolute Gasteiger partial charge is 0.389 e. The van der Waals surface area contributed by atoms with Gasteiger partial charge in [-0.05, 0) is 98.1 Å². The van der Waals surface area contributed by atoms with E-state index in [1.807, 2.05) is 0 Å². The third-order valence-electron chi connectivity index (χ3n) is 9.96. The Labute approximate surface area is 303 Å². The van der Waals surface area contributed by atoms with Crippen molar-refractivity contribution in [2.45, 2.75) is 56.8 Å². The number of benzene rings is 3. The lowest BCUT2D eigenvalue weighted by Crippen LogP contribution is -2.39. The summed E-state index contributed by atoms with van der Waals surface area (Å²) in [6.45, 7) is 1.95. The number of carbonyl (C=O) groups is 2. The second kappa shape index (κ2) is 16.3. The molecule has 3 aromatic carbocycles. The molecule has 0 bridgehead atoms. The van der Waals surface area contributed by atoms with Crippen LogP contribution in [0.5, 0.6) is 5.75 Å². The number of nitrogens with zero attached hydrogens (tertiary/aromatic N) is 7. The standard InChI is InChI=1S/C38H40F5N7O3/c1-48(37(52)28-20-26(9-11-34(28)53-2)32-22-44-47-46-32)23-27(25-8-10-29(39)30(40)21-25)14-19-49-17-12-24(13-18-49)35(51)36-45-31-6-3-4-7-33(31)50(36)16-5-15-38(41,42)43/h3-4,6-11,20-22,24,27,32H,5,12-19,23H2,1-2H3. The quantitative estimate of drug-likeness (QED) is 0.0964. The molecule has 1 aromatic heterocycles. The zero-order valence-electron chi connectivity index (χ0n) is 29.4. The summed E-state index contributed by atoms with van der Waals surface area (Å²) in [7, 11) is 3.11. The van der Waals surface area contributed by atoms with E-state index in [-0.39, 0.29) is 48.9 Å². The zero-order valence-corrected chi connectivity index (χ0v) is 29.4. The molecule has 1 amide bonds. The van der Waals surface area contributed by atoms with Crippen LogP contribution in [0, 0.1) is 17.6 Å². The molecular formula is C38H40F5N7O3. The van der Waals surface area contributed by atoms with E-state index in [9.17, 15) is 31.5 Å². The molecule has 280 valence electrons. The van der Waals surface area contributed by atoms with Crippen LogP contribution in [0.2, 0.25) is 0 Å². The second-order valence-electron chi connectivity index (χ2n) is 13.5. The maximum absolute atomic E-state index is 14.5. The molecule has 2 unspecified atom stereocenters. The lowest BCUT2D eigenvalue weighted by molar-refractivity contribution is -0.135. The lowest BCUT2D eigenvalue weighted by Gasteiger charge is -2.33. The number of amides is 1. The summed E-state index contributed by atoms with van der Waals surface area (Å²) >= 11 is 0. The van der Waals surface area contributed by atoms with Crippen molar-refractivity contribution >= 4 is 28.9 Å². The topological polar surface area (TPSA) is 105 Å². The van der Waals surface area contributed by atoms with E-state index in [2.05, 4.69) is 25.3 Å². The molecule has 15 heteroatoms. The van der Waals surface area contributed by atoms with Crippen molar-refractivity contribution in [3.63, 3.8) is 0 Å². The molecule has 0 aliphatic carbocycles. The molecule has 0 radical (unpaired) electrons. The van der Waals surface area contributed by atoms with Crippen LogP contribution in [0.3, 0.4) is 0 Å². The molecule has 53 heavy (non-hydrogen) atoms. The van der Waals surface area contributed by atoms with Gasteiger partial charge in [-0.3, -0.25) is 9.59 Å². The van der Waals surface area contributed by atoms with E-state index in [0.717, 1.165) is 12.1 Å². The van der Waals surface area contributed by atoms with Gasteiger partial charge in [0.2, 0.25) is 5.78 Å². The minimum atomic E-state index is -4.29. The molecule has 3 heterocycles. The summed E-state index contributed by atoms with van der Waals surface area (Å²) in [4.78, 5) is 35.8. The van der Waals surface area contributed by atoms with Gasteiger partial charge in [0.1, 0.15) is 11.8 Å². The highest BCUT2D eigenvalue weighted by Gasteiger charge is 2.32. The van der Waals surface area contributed by atoms with E-state index < -0.39 is 30.3 Å². The number of likely N-dealkylation sites (tertiary alicyclic amines) is 1. The molecule has 4 aromatic rings. The van der Waals surface area contributed by atoms with Crippen molar-refractivity contribution < 1.29 is 36.3 Å². The van der Waals surface area contributed by atoms with Crippen molar-refractivity contribution in [1.82, 2.24) is 19.4 Å². The number of hydrogen-bond donors (Lipinski definition) is 0. The number of hydrogen-bond acceptors (Lipinski definition) is 8. The van der Waals surface area contributed by atoms with E-state index in [1.165, 1.54) is 18.1 Å². The van der Waals surface area contributed by atoms with Gasteiger partial charge in [-0.25, -0.2) is 13.8 Å². The minimum absolute atomic E-state index is 0.0296. The molecule has 2 aliphatic heterocycles. The number of ketones is 1. The van der Waals surface area contributed by atoms with E-state index in [1.54, 1.807) is 60.3 Å². The van der Waals surface area contributed by atoms with Gasteiger partial charge in [-0.1, -0.05) is 24.3 Å². The normalized spacial score (nSPS) is 17.1. The first-order valence-corrected chi connectivity index (χ1v) is 17.5. The summed E-state index contributed by atoms with van der Waals surface area (Å²) in [6, 6.07) is 15.6. The Morgan fingerprint density at radius 3 is 2.47 bits per heavy atom. The Morgan fingerprint density at radius 1 is 1.00 bits per heavy atom. The molecule has 2 atom stereocenters. The molecule has 1 fully saturated rings. The van der Waals surface area contributed by atoms with Crippen molar-refractivity contribution in [1.29, 1.82) is 0 Å². The van der Waals surface area contributed by atoms with Gasteiger partial charge in [-0.15, -0.1) is 5.10 Å². The number of fused-ring (bicyclic) bond motifs is 1. The van der Waals surface area contributed by atoms with Crippen LogP contribution < -0.4 is 4.74 Å². The molecule has 0 N–H and O–H groups in total. The van der Waals surface area contributed by atoms with Gasteiger partial charge >= 0.3 is 6.18 Å². The number of likely N-dealkylation sites (N-methyl/N-ethyl adjacent to an activating group) is 1. The number of halogens is 5. The number of ether oxygens (including phenoxy) is 1. The van der Waals surface area contributed by atoms with E-state index >= 15 is 0 Å². The van der Waals surface area contributed by atoms with Gasteiger partial charge in [0.05, 0.1) is 29.9 Å². The predicted octanol–water partition coefficient (Wildman–Crippen LogP) is 8.00. The van der Waals surface area contributed by atoms with Crippen molar-refractivity contribution in [2.24, 2.45) is 21.4 Å². The van der Waals surface area contributed by atoms with Gasteiger partial charge in [0.15, 0.2) is 17.5 Å². The first-order valence-electron chi connectivity index (χ1n) is 17.5. The summed E-state index contributed by atoms with van der Waals surface area (Å²) in [5, 5.41) is 11.5. The third kappa shape index (κ3) is 8.95. The zero-order chi connectivity index (χ0) is 37.7. The Balaban J connectivity index is 1.12. The fourth-order valence-corrected chi connectivity index (χ4v) is 7.05. The minimum Gasteiger partial charge on any atom is -0.496 e. The maximum atomic E-state index is 14.5. The molecule has 6 rings (SSSR count). The number of carbonyl (C=O) groups excluding carboxylic acids is 2. The number of methoxy groups -OCH3 is 1. The molecule has 0 spiro atoms. The van der Waals surface area contributed by atoms with Crippen LogP contribution >= 0.6 is 0 Å². The Kier molecular flexibility index (Phi) is 11.6. The first-order chi connectivity index (χ1) is 25.4. The van der Waals surface area contributed by atoms with E-state index in [0.29, 0.717) is 72.4 Å². The number of imidazole rings is 1. The number of rotatable bonds is 14. The Bertz CT molecular complexity index is 1990. The second-order valence-corrected chi connectivity index (χ2v) is 13.5. The summed E-state index contributed by atoms with van der Waals surface area (Å²) < 4.78 is 74.3. The molecular weight excluding hydrogens is 697 g/mol. The van der Waals surface area contributed by atoms with E-state index in [4.69, 9.17) is 4.74 Å². The van der Waals surface area contributed by atoms with Gasteiger partial charge < -0.3 is 19.1 Å². The first kappa shape index (κ1) is 37.7. The fourth-order valence-electron chi connectivity index (χ4n) is 7.05. The highest BCUT2D eigenvalue weighted by atomic mass is 19.4. The Morgan fingerprint density at radius 2 is 1.77 bits per heavy atom. The number of aryl methyl sites for hydroxylation is 1. The fraction of sp³-hybridized carbons (Fsp3) is 0.421. The molecule has 2 aliphatic rings. The third-order valence-corrected chi connectivity index (χ3v) is 9.96. The van der Waals surface area contributed by atoms with Crippen LogP contribution in [0.4, 0.5) is 22.0 Å². The van der Waals surface area contributed by atoms with Crippen LogP contribution in [-0.4, -0.2) is 83.8 Å². The summed E-state index contributed by atoms with van der Waals surface area (Å²) in [5.74, 6) is -2.61. The average Bonchev–Trinajstić information content (AvgIpc) is 3.82. The maximum Gasteiger partial charge on any atom is 0.389 e. The number of aromatic nitrogens is 2. The largest absolute Gasteiger partial charge is 0.496 e. The van der Waals surface area contributed by atoms with Crippen LogP contribution in [0.1, 0.15) is 76.2 Å². The van der Waals surface area contributed by atoms with Crippen LogP contribution in [-0.2, 0) is 6.54 Å². The lowest BCUT2D eigenvalue weighted by atomic mass is 9.90. The highest BCUT2D eigenvalue weighted by Crippen LogP contribution is 2.31. The summed E-state index contributed by atoms with van der Waals surface area (Å²) in [6.07, 6.45) is -2.28. The van der Waals surface area contributed by atoms with Crippen LogP contribution in [0.15, 0.2) is 76.1 Å². The average molecular weight is 738 g/mol. The molecule has 10 nitrogen and oxygen atoms in total. The van der Waals surface area contributed by atoms with Crippen LogP contribution in [0.25, 0.3) is 11.0 Å².